The number of hydrogen-bond donors (Lipinski definition) is 0. The van der Waals surface area contributed by atoms with E-state index in [-0.39, 0.29) is 0 Å². The predicted octanol–water partition coefficient (Wildman–Crippen LogP) is 10.9. The zero-order chi connectivity index (χ0) is 30.0. The molecule has 218 valence electrons. The molecule has 0 spiro atoms. The van der Waals surface area contributed by atoms with Gasteiger partial charge in [0, 0.05) is 39.5 Å². The predicted molar refractivity (Wildman–Crippen MR) is 182 cm³/mol. The molecule has 4 nitrogen and oxygen atoms in total. The average Bonchev–Trinajstić information content (AvgIpc) is 3.71. The van der Waals surface area contributed by atoms with Gasteiger partial charge in [0.2, 0.25) is 11.8 Å². The minimum Gasteiger partial charge on any atom is -0.416 e. The fraction of sp³-hybridized carbons (Fsp3) is 0.200. The van der Waals surface area contributed by atoms with Gasteiger partial charge in [-0.25, -0.2) is 0 Å². The molecule has 0 fully saturated rings. The van der Waals surface area contributed by atoms with Crippen LogP contribution in [0.2, 0.25) is 0 Å². The molecule has 0 saturated carbocycles. The Bertz CT molecular complexity index is 2020. The Kier molecular flexibility index (Phi) is 7.57. The smallest absolute Gasteiger partial charge is 0.248 e. The van der Waals surface area contributed by atoms with Crippen LogP contribution in [0.25, 0.3) is 55.8 Å². The van der Waals surface area contributed by atoms with Gasteiger partial charge in [-0.15, -0.1) is 10.2 Å². The zero-order valence-corrected chi connectivity index (χ0v) is 25.6. The summed E-state index contributed by atoms with van der Waals surface area (Å²) < 4.78 is 8.37. The first-order valence-corrected chi connectivity index (χ1v) is 15.7. The van der Waals surface area contributed by atoms with Gasteiger partial charge in [0.1, 0.15) is 0 Å². The average molecular weight is 576 g/mol. The van der Waals surface area contributed by atoms with Crippen molar-refractivity contribution in [2.24, 2.45) is 0 Å². The fourth-order valence-electron chi connectivity index (χ4n) is 6.61. The topological polar surface area (TPSA) is 43.9 Å². The third-order valence-electron chi connectivity index (χ3n) is 9.11. The molecule has 4 heteroatoms. The Balaban J connectivity index is 1.06. The number of nitrogens with zero attached hydrogens (tertiary/aromatic N) is 3. The van der Waals surface area contributed by atoms with E-state index in [1.807, 2.05) is 30.3 Å². The highest BCUT2D eigenvalue weighted by Crippen LogP contribution is 2.36. The van der Waals surface area contributed by atoms with Gasteiger partial charge in [-0.3, -0.25) is 0 Å². The monoisotopic (exact) mass is 575 g/mol. The van der Waals surface area contributed by atoms with Gasteiger partial charge in [0.15, 0.2) is 0 Å². The van der Waals surface area contributed by atoms with Gasteiger partial charge in [0.05, 0.1) is 0 Å². The van der Waals surface area contributed by atoms with E-state index in [2.05, 4.69) is 127 Å². The van der Waals surface area contributed by atoms with Crippen molar-refractivity contribution in [3.8, 4) is 34.0 Å². The van der Waals surface area contributed by atoms with E-state index >= 15 is 0 Å². The Labute approximate surface area is 259 Å². The molecule has 2 unspecified atom stereocenters. The Morgan fingerprint density at radius 1 is 0.591 bits per heavy atom. The van der Waals surface area contributed by atoms with Gasteiger partial charge in [-0.1, -0.05) is 92.7 Å². The van der Waals surface area contributed by atoms with E-state index in [1.165, 1.54) is 44.1 Å². The SMILES string of the molecule is CCC(CC(C)c1ccc2c(c1)c1ccccc1n2CC)c1ccc(-c2ccc(-c3nnc(-c4ccccc4)o3)cc2)cc1. The molecular weight excluding hydrogens is 538 g/mol. The molecule has 5 aromatic carbocycles. The summed E-state index contributed by atoms with van der Waals surface area (Å²) in [5.41, 5.74) is 9.69. The van der Waals surface area contributed by atoms with Crippen LogP contribution in [0.4, 0.5) is 0 Å². The van der Waals surface area contributed by atoms with Gasteiger partial charge in [0.25, 0.3) is 0 Å². The summed E-state index contributed by atoms with van der Waals surface area (Å²) in [5, 5.41) is 11.2. The van der Waals surface area contributed by atoms with Crippen molar-refractivity contribution in [3.05, 3.63) is 132 Å². The van der Waals surface area contributed by atoms with E-state index in [0.717, 1.165) is 30.5 Å². The van der Waals surface area contributed by atoms with Crippen molar-refractivity contribution in [3.63, 3.8) is 0 Å². The largest absolute Gasteiger partial charge is 0.416 e. The number of hydrogen-bond acceptors (Lipinski definition) is 3. The van der Waals surface area contributed by atoms with Gasteiger partial charge < -0.3 is 8.98 Å². The number of aromatic nitrogens is 3. The zero-order valence-electron chi connectivity index (χ0n) is 25.6. The van der Waals surface area contributed by atoms with Crippen molar-refractivity contribution in [2.75, 3.05) is 0 Å². The molecule has 2 heterocycles. The van der Waals surface area contributed by atoms with Crippen LogP contribution >= 0.6 is 0 Å². The highest BCUT2D eigenvalue weighted by molar-refractivity contribution is 6.08. The molecule has 0 amide bonds. The van der Waals surface area contributed by atoms with Crippen molar-refractivity contribution in [1.29, 1.82) is 0 Å². The van der Waals surface area contributed by atoms with Crippen molar-refractivity contribution < 1.29 is 4.42 Å². The molecule has 2 atom stereocenters. The summed E-state index contributed by atoms with van der Waals surface area (Å²) in [5.74, 6) is 2.03. The van der Waals surface area contributed by atoms with Crippen LogP contribution in [0.3, 0.4) is 0 Å². The first-order valence-electron chi connectivity index (χ1n) is 15.7. The van der Waals surface area contributed by atoms with E-state index < -0.39 is 0 Å². The van der Waals surface area contributed by atoms with Gasteiger partial charge in [-0.2, -0.15) is 0 Å². The highest BCUT2D eigenvalue weighted by Gasteiger charge is 2.18. The van der Waals surface area contributed by atoms with Gasteiger partial charge in [-0.05, 0) is 96.3 Å². The Morgan fingerprint density at radius 2 is 1.16 bits per heavy atom. The lowest BCUT2D eigenvalue weighted by Crippen LogP contribution is -2.04. The Hall–Kier alpha value is -4.96. The van der Waals surface area contributed by atoms with E-state index in [9.17, 15) is 0 Å². The second kappa shape index (κ2) is 12.0. The van der Waals surface area contributed by atoms with Crippen LogP contribution in [0, 0.1) is 0 Å². The van der Waals surface area contributed by atoms with Crippen LogP contribution in [0.1, 0.15) is 56.6 Å². The lowest BCUT2D eigenvalue weighted by molar-refractivity contribution is 0.545. The number of benzene rings is 5. The van der Waals surface area contributed by atoms with Crippen molar-refractivity contribution in [1.82, 2.24) is 14.8 Å². The number of fused-ring (bicyclic) bond motifs is 3. The van der Waals surface area contributed by atoms with E-state index in [1.54, 1.807) is 0 Å². The molecule has 44 heavy (non-hydrogen) atoms. The van der Waals surface area contributed by atoms with Crippen LogP contribution in [-0.4, -0.2) is 14.8 Å². The van der Waals surface area contributed by atoms with Crippen LogP contribution in [0.15, 0.2) is 126 Å². The quantitative estimate of drug-likeness (QED) is 0.172. The molecule has 0 aliphatic carbocycles. The molecule has 7 rings (SSSR count). The summed E-state index contributed by atoms with van der Waals surface area (Å²) >= 11 is 0. The summed E-state index contributed by atoms with van der Waals surface area (Å²) in [4.78, 5) is 0. The normalized spacial score (nSPS) is 13.0. The van der Waals surface area contributed by atoms with Crippen molar-refractivity contribution >= 4 is 21.8 Å². The molecule has 0 aliphatic rings. The van der Waals surface area contributed by atoms with Crippen molar-refractivity contribution in [2.45, 2.75) is 52.0 Å². The third-order valence-corrected chi connectivity index (χ3v) is 9.11. The molecule has 0 bridgehead atoms. The molecule has 0 saturated heterocycles. The standard InChI is InChI=1S/C40H37N3O/c1-4-28(25-27(3)34-23-24-38-36(26-34)35-13-9-10-14-37(35)43(38)5-2)29-15-17-30(18-16-29)31-19-21-33(22-20-31)40-42-41-39(44-40)32-11-7-6-8-12-32/h6-24,26-28H,4-5,25H2,1-3H3. The second-order valence-corrected chi connectivity index (χ2v) is 11.8. The molecule has 0 radical (unpaired) electrons. The maximum absolute atomic E-state index is 5.94. The second-order valence-electron chi connectivity index (χ2n) is 11.8. The lowest BCUT2D eigenvalue weighted by atomic mass is 9.84. The Morgan fingerprint density at radius 3 is 1.84 bits per heavy atom. The summed E-state index contributed by atoms with van der Waals surface area (Å²) in [7, 11) is 0. The van der Waals surface area contributed by atoms with Crippen LogP contribution < -0.4 is 0 Å². The first-order chi connectivity index (χ1) is 21.6. The lowest BCUT2D eigenvalue weighted by Gasteiger charge is -2.21. The summed E-state index contributed by atoms with van der Waals surface area (Å²) in [6, 6.07) is 43.2. The maximum atomic E-state index is 5.94. The fourth-order valence-corrected chi connectivity index (χ4v) is 6.61. The minimum absolute atomic E-state index is 0.465. The number of rotatable bonds is 9. The van der Waals surface area contributed by atoms with Gasteiger partial charge >= 0.3 is 0 Å². The van der Waals surface area contributed by atoms with Crippen LogP contribution in [0.5, 0.6) is 0 Å². The minimum atomic E-state index is 0.465. The van der Waals surface area contributed by atoms with Crippen LogP contribution in [-0.2, 0) is 6.54 Å². The summed E-state index contributed by atoms with van der Waals surface area (Å²) in [6.07, 6.45) is 2.24. The van der Waals surface area contributed by atoms with E-state index in [0.29, 0.717) is 23.6 Å². The first kappa shape index (κ1) is 27.8. The number of aryl methyl sites for hydroxylation is 1. The molecule has 0 aliphatic heterocycles. The molecule has 2 aromatic heterocycles. The van der Waals surface area contributed by atoms with E-state index in [4.69, 9.17) is 4.42 Å². The molecular formula is C40H37N3O. The molecule has 7 aromatic rings. The highest BCUT2D eigenvalue weighted by atomic mass is 16.4. The third kappa shape index (κ3) is 5.22. The molecule has 0 N–H and O–H groups in total. The maximum Gasteiger partial charge on any atom is 0.248 e. The number of para-hydroxylation sites is 1. The summed E-state index contributed by atoms with van der Waals surface area (Å²) in [6.45, 7) is 7.89.